The van der Waals surface area contributed by atoms with E-state index in [1.54, 1.807) is 0 Å². The number of fused-ring (bicyclic) bond motifs is 3. The molecule has 0 saturated heterocycles. The van der Waals surface area contributed by atoms with E-state index in [4.69, 9.17) is 5.73 Å². The van der Waals surface area contributed by atoms with Crippen LogP contribution in [0.15, 0.2) is 30.6 Å². The molecule has 0 unspecified atom stereocenters. The predicted octanol–water partition coefficient (Wildman–Crippen LogP) is 3.67. The highest BCUT2D eigenvalue weighted by atomic mass is 35.5. The first-order chi connectivity index (χ1) is 8.66. The zero-order valence-electron chi connectivity index (χ0n) is 11.4. The number of anilines is 1. The highest BCUT2D eigenvalue weighted by molar-refractivity contribution is 6.06. The minimum Gasteiger partial charge on any atom is -0.382 e. The number of pyridine rings is 1. The van der Waals surface area contributed by atoms with Crippen molar-refractivity contribution in [1.29, 1.82) is 0 Å². The van der Waals surface area contributed by atoms with E-state index in [-0.39, 0.29) is 24.8 Å². The molecule has 0 atom stereocenters. The molecule has 0 radical (unpaired) electrons. The summed E-state index contributed by atoms with van der Waals surface area (Å²) >= 11 is 0. The monoisotopic (exact) mass is 312 g/mol. The Bertz CT molecular complexity index is 722. The van der Waals surface area contributed by atoms with Crippen LogP contribution in [0.25, 0.3) is 21.9 Å². The summed E-state index contributed by atoms with van der Waals surface area (Å²) < 4.78 is 2.17. The summed E-state index contributed by atoms with van der Waals surface area (Å²) in [6, 6.07) is 8.05. The number of nitrogens with two attached hydrogens (primary N) is 1. The topological polar surface area (TPSA) is 56.7 Å². The summed E-state index contributed by atoms with van der Waals surface area (Å²) in [7, 11) is 0. The van der Waals surface area contributed by atoms with Crippen molar-refractivity contribution < 1.29 is 0 Å². The first kappa shape index (κ1) is 16.5. The molecule has 3 aromatic rings. The fourth-order valence-electron chi connectivity index (χ4n) is 2.34. The molecule has 0 fully saturated rings. The summed E-state index contributed by atoms with van der Waals surface area (Å²) in [5, 5.41) is 1.11. The standard InChI is InChI=1S/C14H16N4.2ClH/c1-9(2)7-18-8-16-12-13(18)10-5-3-4-6-11(10)17-14(12)15;;/h3-6,8-9H,7H2,1-2H3,(H2,15,17);2*1H. The summed E-state index contributed by atoms with van der Waals surface area (Å²) in [6.07, 6.45) is 1.86. The number of nitrogen functional groups attached to an aromatic ring is 1. The van der Waals surface area contributed by atoms with Crippen molar-refractivity contribution in [3.8, 4) is 0 Å². The molecule has 4 nitrogen and oxygen atoms in total. The summed E-state index contributed by atoms with van der Waals surface area (Å²) in [4.78, 5) is 8.80. The van der Waals surface area contributed by atoms with Crippen molar-refractivity contribution in [2.45, 2.75) is 20.4 Å². The minimum atomic E-state index is 0. The van der Waals surface area contributed by atoms with Gasteiger partial charge in [-0.1, -0.05) is 32.0 Å². The summed E-state index contributed by atoms with van der Waals surface area (Å²) in [6.45, 7) is 5.32. The molecule has 0 aliphatic carbocycles. The normalized spacial score (nSPS) is 10.6. The summed E-state index contributed by atoms with van der Waals surface area (Å²) in [5.41, 5.74) is 8.79. The molecule has 2 aromatic heterocycles. The molecule has 2 N–H and O–H groups in total. The minimum absolute atomic E-state index is 0. The highest BCUT2D eigenvalue weighted by Gasteiger charge is 2.12. The van der Waals surface area contributed by atoms with E-state index in [9.17, 15) is 0 Å². The van der Waals surface area contributed by atoms with Gasteiger partial charge in [0, 0.05) is 11.9 Å². The molecule has 20 heavy (non-hydrogen) atoms. The number of aromatic nitrogens is 3. The van der Waals surface area contributed by atoms with E-state index in [1.165, 1.54) is 0 Å². The van der Waals surface area contributed by atoms with Crippen molar-refractivity contribution in [1.82, 2.24) is 14.5 Å². The van der Waals surface area contributed by atoms with Crippen LogP contribution in [0, 0.1) is 5.92 Å². The number of para-hydroxylation sites is 1. The van der Waals surface area contributed by atoms with E-state index in [1.807, 2.05) is 24.5 Å². The van der Waals surface area contributed by atoms with Gasteiger partial charge in [0.15, 0.2) is 5.82 Å². The maximum Gasteiger partial charge on any atom is 0.152 e. The first-order valence-electron chi connectivity index (χ1n) is 6.16. The third-order valence-electron chi connectivity index (χ3n) is 3.04. The van der Waals surface area contributed by atoms with E-state index < -0.39 is 0 Å². The maximum atomic E-state index is 5.98. The van der Waals surface area contributed by atoms with Gasteiger partial charge in [-0.25, -0.2) is 9.97 Å². The smallest absolute Gasteiger partial charge is 0.152 e. The number of hydrogen-bond donors (Lipinski definition) is 1. The second-order valence-electron chi connectivity index (χ2n) is 5.00. The molecule has 108 valence electrons. The SMILES string of the molecule is CC(C)Cn1cnc2c(N)nc3ccccc3c21.Cl.Cl. The highest BCUT2D eigenvalue weighted by Crippen LogP contribution is 2.27. The Morgan fingerprint density at radius 2 is 1.90 bits per heavy atom. The Labute approximate surface area is 130 Å². The van der Waals surface area contributed by atoms with Gasteiger partial charge in [-0.2, -0.15) is 0 Å². The van der Waals surface area contributed by atoms with Crippen LogP contribution in [-0.4, -0.2) is 14.5 Å². The largest absolute Gasteiger partial charge is 0.382 e. The van der Waals surface area contributed by atoms with Gasteiger partial charge in [-0.3, -0.25) is 0 Å². The summed E-state index contributed by atoms with van der Waals surface area (Å²) in [5.74, 6) is 1.07. The molecule has 1 aromatic carbocycles. The number of halogens is 2. The van der Waals surface area contributed by atoms with Gasteiger partial charge in [-0.15, -0.1) is 24.8 Å². The Balaban J connectivity index is 0.000001000. The van der Waals surface area contributed by atoms with Gasteiger partial charge in [0.05, 0.1) is 17.4 Å². The van der Waals surface area contributed by atoms with E-state index in [0.29, 0.717) is 11.7 Å². The Hall–Kier alpha value is -1.52. The van der Waals surface area contributed by atoms with Crippen LogP contribution in [0.3, 0.4) is 0 Å². The van der Waals surface area contributed by atoms with Gasteiger partial charge >= 0.3 is 0 Å². The number of hydrogen-bond acceptors (Lipinski definition) is 3. The van der Waals surface area contributed by atoms with Gasteiger partial charge in [-0.05, 0) is 12.0 Å². The van der Waals surface area contributed by atoms with Crippen LogP contribution in [0.1, 0.15) is 13.8 Å². The van der Waals surface area contributed by atoms with Crippen LogP contribution >= 0.6 is 24.8 Å². The molecule has 0 saturated carbocycles. The average Bonchev–Trinajstić information content (AvgIpc) is 2.73. The van der Waals surface area contributed by atoms with Gasteiger partial charge in [0.2, 0.25) is 0 Å². The van der Waals surface area contributed by atoms with Crippen LogP contribution in [-0.2, 0) is 6.54 Å². The van der Waals surface area contributed by atoms with E-state index >= 15 is 0 Å². The fraction of sp³-hybridized carbons (Fsp3) is 0.286. The van der Waals surface area contributed by atoms with Crippen molar-refractivity contribution in [2.75, 3.05) is 5.73 Å². The van der Waals surface area contributed by atoms with Crippen LogP contribution in [0.4, 0.5) is 5.82 Å². The van der Waals surface area contributed by atoms with Crippen molar-refractivity contribution in [2.24, 2.45) is 5.92 Å². The van der Waals surface area contributed by atoms with Crippen molar-refractivity contribution >= 4 is 52.6 Å². The number of nitrogens with zero attached hydrogens (tertiary/aromatic N) is 3. The molecule has 0 bridgehead atoms. The van der Waals surface area contributed by atoms with E-state index in [2.05, 4.69) is 34.4 Å². The Morgan fingerprint density at radius 3 is 2.60 bits per heavy atom. The second kappa shape index (κ2) is 6.29. The quantitative estimate of drug-likeness (QED) is 0.785. The fourth-order valence-corrected chi connectivity index (χ4v) is 2.34. The number of benzene rings is 1. The lowest BCUT2D eigenvalue weighted by atomic mass is 10.1. The first-order valence-corrected chi connectivity index (χ1v) is 6.16. The average molecular weight is 313 g/mol. The van der Waals surface area contributed by atoms with Crippen LogP contribution in [0.5, 0.6) is 0 Å². The zero-order chi connectivity index (χ0) is 12.7. The molecule has 0 aliphatic rings. The Morgan fingerprint density at radius 1 is 1.20 bits per heavy atom. The molecule has 3 rings (SSSR count). The third-order valence-corrected chi connectivity index (χ3v) is 3.04. The van der Waals surface area contributed by atoms with Gasteiger partial charge < -0.3 is 10.3 Å². The van der Waals surface area contributed by atoms with Crippen molar-refractivity contribution in [3.05, 3.63) is 30.6 Å². The molecule has 0 amide bonds. The zero-order valence-corrected chi connectivity index (χ0v) is 13.0. The van der Waals surface area contributed by atoms with Gasteiger partial charge in [0.1, 0.15) is 5.52 Å². The van der Waals surface area contributed by atoms with Crippen LogP contribution < -0.4 is 5.73 Å². The molecule has 0 aliphatic heterocycles. The van der Waals surface area contributed by atoms with Crippen LogP contribution in [0.2, 0.25) is 0 Å². The lowest BCUT2D eigenvalue weighted by Gasteiger charge is -2.09. The second-order valence-corrected chi connectivity index (χ2v) is 5.00. The van der Waals surface area contributed by atoms with Crippen molar-refractivity contribution in [3.63, 3.8) is 0 Å². The molecule has 0 spiro atoms. The molecular weight excluding hydrogens is 295 g/mol. The predicted molar refractivity (Wildman–Crippen MR) is 88.8 cm³/mol. The molecule has 2 heterocycles. The lowest BCUT2D eigenvalue weighted by Crippen LogP contribution is -2.03. The van der Waals surface area contributed by atoms with Gasteiger partial charge in [0.25, 0.3) is 0 Å². The number of rotatable bonds is 2. The molecular formula is C14H18Cl2N4. The van der Waals surface area contributed by atoms with E-state index in [0.717, 1.165) is 28.5 Å². The number of imidazole rings is 1. The lowest BCUT2D eigenvalue weighted by molar-refractivity contribution is 0.533. The Kier molecular flexibility index (Phi) is 5.20. The maximum absolute atomic E-state index is 5.98. The molecule has 6 heteroatoms. The third kappa shape index (κ3) is 2.67.